The van der Waals surface area contributed by atoms with E-state index in [1.54, 1.807) is 0 Å². The number of nitrogens with zero attached hydrogens (tertiary/aromatic N) is 3. The Kier molecular flexibility index (Phi) is 5.59. The van der Waals surface area contributed by atoms with Gasteiger partial charge in [0, 0.05) is 19.2 Å². The molecule has 0 atom stereocenters. The first-order valence-electron chi connectivity index (χ1n) is 7.61. The molecule has 1 aromatic heterocycles. The predicted octanol–water partition coefficient (Wildman–Crippen LogP) is 2.01. The normalized spacial score (nSPS) is 16.4. The smallest absolute Gasteiger partial charge is 0.218 e. The van der Waals surface area contributed by atoms with Gasteiger partial charge in [0.2, 0.25) is 5.88 Å². The monoisotopic (exact) mass is 278 g/mol. The SMILES string of the molecule is CCOc1cc(N2CCC(CCNC)CC2)nc(C)n1. The zero-order valence-corrected chi connectivity index (χ0v) is 12.9. The molecule has 0 radical (unpaired) electrons. The Labute approximate surface area is 121 Å². The molecule has 1 N–H and O–H groups in total. The van der Waals surface area contributed by atoms with Gasteiger partial charge in [0.15, 0.2) is 0 Å². The number of hydrogen-bond donors (Lipinski definition) is 1. The van der Waals surface area contributed by atoms with E-state index in [0.717, 1.165) is 37.2 Å². The van der Waals surface area contributed by atoms with Gasteiger partial charge in [0.05, 0.1) is 6.61 Å². The van der Waals surface area contributed by atoms with Crippen LogP contribution in [0.15, 0.2) is 6.07 Å². The molecular formula is C15H26N4O. The van der Waals surface area contributed by atoms with Crippen LogP contribution in [0.4, 0.5) is 5.82 Å². The van der Waals surface area contributed by atoms with Crippen LogP contribution in [0.3, 0.4) is 0 Å². The summed E-state index contributed by atoms with van der Waals surface area (Å²) in [5.74, 6) is 3.32. The Morgan fingerprint density at radius 2 is 2.10 bits per heavy atom. The van der Waals surface area contributed by atoms with Crippen LogP contribution in [0.25, 0.3) is 0 Å². The number of nitrogens with one attached hydrogen (secondary N) is 1. The van der Waals surface area contributed by atoms with Gasteiger partial charge in [-0.2, -0.15) is 4.98 Å². The Balaban J connectivity index is 1.96. The van der Waals surface area contributed by atoms with Crippen molar-refractivity contribution in [1.29, 1.82) is 0 Å². The van der Waals surface area contributed by atoms with Gasteiger partial charge in [-0.05, 0) is 52.6 Å². The molecule has 1 aliphatic heterocycles. The molecule has 0 bridgehead atoms. The third kappa shape index (κ3) is 4.07. The van der Waals surface area contributed by atoms with E-state index in [9.17, 15) is 0 Å². The number of piperidine rings is 1. The lowest BCUT2D eigenvalue weighted by Gasteiger charge is -2.33. The second kappa shape index (κ2) is 7.43. The van der Waals surface area contributed by atoms with Crippen molar-refractivity contribution in [3.8, 4) is 5.88 Å². The molecular weight excluding hydrogens is 252 g/mol. The molecule has 0 amide bonds. The van der Waals surface area contributed by atoms with Crippen LogP contribution in [0.2, 0.25) is 0 Å². The second-order valence-corrected chi connectivity index (χ2v) is 5.37. The molecule has 2 rings (SSSR count). The Bertz CT molecular complexity index is 416. The summed E-state index contributed by atoms with van der Waals surface area (Å²) in [6.07, 6.45) is 3.76. The standard InChI is InChI=1S/C15H26N4O/c1-4-20-15-11-14(17-12(2)18-15)19-9-6-13(7-10-19)5-8-16-3/h11,13,16H,4-10H2,1-3H3. The maximum absolute atomic E-state index is 5.51. The largest absolute Gasteiger partial charge is 0.478 e. The predicted molar refractivity (Wildman–Crippen MR) is 81.4 cm³/mol. The van der Waals surface area contributed by atoms with Crippen LogP contribution < -0.4 is 15.0 Å². The van der Waals surface area contributed by atoms with Crippen molar-refractivity contribution in [2.45, 2.75) is 33.1 Å². The number of hydrogen-bond acceptors (Lipinski definition) is 5. The van der Waals surface area contributed by atoms with Crippen molar-refractivity contribution in [3.63, 3.8) is 0 Å². The fourth-order valence-electron chi connectivity index (χ4n) is 2.71. The molecule has 1 fully saturated rings. The maximum atomic E-state index is 5.51. The van der Waals surface area contributed by atoms with E-state index in [1.165, 1.54) is 19.3 Å². The van der Waals surface area contributed by atoms with Crippen molar-refractivity contribution in [2.24, 2.45) is 5.92 Å². The first-order valence-corrected chi connectivity index (χ1v) is 7.61. The molecule has 5 nitrogen and oxygen atoms in total. The van der Waals surface area contributed by atoms with Crippen LogP contribution in [-0.2, 0) is 0 Å². The van der Waals surface area contributed by atoms with E-state index in [1.807, 2.05) is 27.0 Å². The van der Waals surface area contributed by atoms with Gasteiger partial charge in [-0.3, -0.25) is 0 Å². The van der Waals surface area contributed by atoms with Crippen LogP contribution in [0.1, 0.15) is 32.0 Å². The third-order valence-electron chi connectivity index (χ3n) is 3.83. The Morgan fingerprint density at radius 1 is 1.35 bits per heavy atom. The van der Waals surface area contributed by atoms with E-state index >= 15 is 0 Å². The first kappa shape index (κ1) is 15.0. The number of aryl methyl sites for hydroxylation is 1. The zero-order chi connectivity index (χ0) is 14.4. The van der Waals surface area contributed by atoms with Crippen molar-refractivity contribution in [2.75, 3.05) is 38.2 Å². The molecule has 0 saturated carbocycles. The summed E-state index contributed by atoms with van der Waals surface area (Å²) in [5.41, 5.74) is 0. The molecule has 1 aromatic rings. The van der Waals surface area contributed by atoms with E-state index in [2.05, 4.69) is 20.2 Å². The molecule has 0 spiro atoms. The van der Waals surface area contributed by atoms with Crippen LogP contribution >= 0.6 is 0 Å². The van der Waals surface area contributed by atoms with E-state index in [-0.39, 0.29) is 0 Å². The summed E-state index contributed by atoms with van der Waals surface area (Å²) in [4.78, 5) is 11.2. The number of anilines is 1. The van der Waals surface area contributed by atoms with E-state index < -0.39 is 0 Å². The third-order valence-corrected chi connectivity index (χ3v) is 3.83. The topological polar surface area (TPSA) is 50.3 Å². The first-order chi connectivity index (χ1) is 9.72. The van der Waals surface area contributed by atoms with E-state index in [4.69, 9.17) is 4.74 Å². The van der Waals surface area contributed by atoms with Gasteiger partial charge < -0.3 is 15.0 Å². The highest BCUT2D eigenvalue weighted by molar-refractivity contribution is 5.42. The fraction of sp³-hybridized carbons (Fsp3) is 0.733. The molecule has 1 saturated heterocycles. The number of aromatic nitrogens is 2. The molecule has 5 heteroatoms. The summed E-state index contributed by atoms with van der Waals surface area (Å²) >= 11 is 0. The van der Waals surface area contributed by atoms with Crippen molar-refractivity contribution >= 4 is 5.82 Å². The van der Waals surface area contributed by atoms with Crippen LogP contribution in [0, 0.1) is 12.8 Å². The maximum Gasteiger partial charge on any atom is 0.218 e. The van der Waals surface area contributed by atoms with Gasteiger partial charge in [-0.15, -0.1) is 0 Å². The van der Waals surface area contributed by atoms with Gasteiger partial charge >= 0.3 is 0 Å². The minimum absolute atomic E-state index is 0.641. The average Bonchev–Trinajstić information content (AvgIpc) is 2.45. The Hall–Kier alpha value is -1.36. The summed E-state index contributed by atoms with van der Waals surface area (Å²) in [5, 5.41) is 3.24. The number of rotatable bonds is 6. The summed E-state index contributed by atoms with van der Waals surface area (Å²) in [6, 6.07) is 1.96. The summed E-state index contributed by atoms with van der Waals surface area (Å²) in [6.45, 7) is 7.82. The van der Waals surface area contributed by atoms with Crippen molar-refractivity contribution in [3.05, 3.63) is 11.9 Å². The molecule has 0 unspecified atom stereocenters. The minimum atomic E-state index is 0.641. The van der Waals surface area contributed by atoms with Crippen molar-refractivity contribution < 1.29 is 4.74 Å². The average molecular weight is 278 g/mol. The minimum Gasteiger partial charge on any atom is -0.478 e. The van der Waals surface area contributed by atoms with Gasteiger partial charge in [0.25, 0.3) is 0 Å². The van der Waals surface area contributed by atoms with Crippen LogP contribution in [0.5, 0.6) is 5.88 Å². The molecule has 2 heterocycles. The van der Waals surface area contributed by atoms with E-state index in [0.29, 0.717) is 12.5 Å². The molecule has 112 valence electrons. The lowest BCUT2D eigenvalue weighted by Crippen LogP contribution is -2.35. The van der Waals surface area contributed by atoms with Crippen LogP contribution in [-0.4, -0.2) is 43.3 Å². The fourth-order valence-corrected chi connectivity index (χ4v) is 2.71. The van der Waals surface area contributed by atoms with Gasteiger partial charge in [0.1, 0.15) is 11.6 Å². The quantitative estimate of drug-likeness (QED) is 0.862. The highest BCUT2D eigenvalue weighted by Gasteiger charge is 2.20. The summed E-state index contributed by atoms with van der Waals surface area (Å²) in [7, 11) is 2.02. The summed E-state index contributed by atoms with van der Waals surface area (Å²) < 4.78 is 5.51. The van der Waals surface area contributed by atoms with Gasteiger partial charge in [-0.1, -0.05) is 0 Å². The van der Waals surface area contributed by atoms with Crippen molar-refractivity contribution in [1.82, 2.24) is 15.3 Å². The molecule has 0 aromatic carbocycles. The zero-order valence-electron chi connectivity index (χ0n) is 12.9. The Morgan fingerprint density at radius 3 is 2.75 bits per heavy atom. The number of ether oxygens (including phenoxy) is 1. The highest BCUT2D eigenvalue weighted by Crippen LogP contribution is 2.25. The molecule has 0 aliphatic carbocycles. The van der Waals surface area contributed by atoms with Gasteiger partial charge in [-0.25, -0.2) is 4.98 Å². The lowest BCUT2D eigenvalue weighted by molar-refractivity contribution is 0.324. The highest BCUT2D eigenvalue weighted by atomic mass is 16.5. The second-order valence-electron chi connectivity index (χ2n) is 5.37. The lowest BCUT2D eigenvalue weighted by atomic mass is 9.93. The molecule has 20 heavy (non-hydrogen) atoms. The molecule has 1 aliphatic rings.